The highest BCUT2D eigenvalue weighted by Gasteiger charge is 2.14. The van der Waals surface area contributed by atoms with Crippen molar-refractivity contribution in [2.45, 2.75) is 11.8 Å². The number of carbonyl (C=O) groups excluding carboxylic acids is 1. The van der Waals surface area contributed by atoms with E-state index in [0.717, 1.165) is 15.2 Å². The number of hydrogen-bond donors (Lipinski definition) is 2. The maximum Gasteiger partial charge on any atom is 0.261 e. The van der Waals surface area contributed by atoms with Gasteiger partial charge in [0.1, 0.15) is 0 Å². The molecule has 2 N–H and O–H groups in total. The number of thiazole rings is 1. The summed E-state index contributed by atoms with van der Waals surface area (Å²) >= 11 is 7.36. The van der Waals surface area contributed by atoms with Gasteiger partial charge >= 0.3 is 0 Å². The Bertz CT molecular complexity index is 1330. The van der Waals surface area contributed by atoms with Gasteiger partial charge in [0, 0.05) is 22.0 Å². The average Bonchev–Trinajstić information content (AvgIpc) is 3.08. The van der Waals surface area contributed by atoms with Gasteiger partial charge in [0.05, 0.1) is 20.1 Å². The van der Waals surface area contributed by atoms with Crippen LogP contribution >= 0.6 is 22.9 Å². The molecule has 0 aliphatic heterocycles. The molecule has 9 heteroatoms. The quantitative estimate of drug-likeness (QED) is 0.425. The van der Waals surface area contributed by atoms with Gasteiger partial charge in [-0.1, -0.05) is 11.6 Å². The second-order valence-corrected chi connectivity index (χ2v) is 9.86. The van der Waals surface area contributed by atoms with Crippen LogP contribution in [-0.2, 0) is 10.0 Å². The third-order valence-electron chi connectivity index (χ3n) is 4.28. The Morgan fingerprint density at radius 2 is 1.63 bits per heavy atom. The van der Waals surface area contributed by atoms with Crippen LogP contribution < -0.4 is 10.0 Å². The van der Waals surface area contributed by atoms with Gasteiger partial charge in [0.2, 0.25) is 0 Å². The number of aromatic nitrogens is 1. The van der Waals surface area contributed by atoms with Crippen LogP contribution in [0.2, 0.25) is 5.02 Å². The Hall–Kier alpha value is -2.94. The maximum absolute atomic E-state index is 12.5. The second kappa shape index (κ2) is 8.06. The van der Waals surface area contributed by atoms with Crippen molar-refractivity contribution in [1.29, 1.82) is 0 Å². The second-order valence-electron chi connectivity index (χ2n) is 6.51. The van der Waals surface area contributed by atoms with Gasteiger partial charge in [-0.25, -0.2) is 13.4 Å². The number of aryl methyl sites for hydroxylation is 1. The molecule has 0 fully saturated rings. The molecule has 1 heterocycles. The predicted molar refractivity (Wildman–Crippen MR) is 121 cm³/mol. The summed E-state index contributed by atoms with van der Waals surface area (Å²) in [7, 11) is -3.74. The monoisotopic (exact) mass is 457 g/mol. The van der Waals surface area contributed by atoms with Gasteiger partial charge in [-0.05, 0) is 73.7 Å². The fourth-order valence-electron chi connectivity index (χ4n) is 2.84. The number of halogens is 1. The number of sulfonamides is 1. The summed E-state index contributed by atoms with van der Waals surface area (Å²) in [6, 6.07) is 17.6. The Kier molecular flexibility index (Phi) is 5.46. The zero-order chi connectivity index (χ0) is 21.3. The van der Waals surface area contributed by atoms with Crippen molar-refractivity contribution in [3.05, 3.63) is 82.3 Å². The highest BCUT2D eigenvalue weighted by Crippen LogP contribution is 2.25. The van der Waals surface area contributed by atoms with Crippen LogP contribution in [0.15, 0.2) is 71.6 Å². The molecule has 0 aliphatic rings. The molecule has 1 amide bonds. The summed E-state index contributed by atoms with van der Waals surface area (Å²) in [4.78, 5) is 17.0. The molecule has 0 aliphatic carbocycles. The van der Waals surface area contributed by atoms with E-state index in [2.05, 4.69) is 15.0 Å². The zero-order valence-corrected chi connectivity index (χ0v) is 18.1. The lowest BCUT2D eigenvalue weighted by Gasteiger charge is -2.09. The minimum atomic E-state index is -3.74. The van der Waals surface area contributed by atoms with E-state index in [-0.39, 0.29) is 10.8 Å². The third kappa shape index (κ3) is 4.46. The van der Waals surface area contributed by atoms with E-state index in [9.17, 15) is 13.2 Å². The molecule has 6 nitrogen and oxygen atoms in total. The zero-order valence-electron chi connectivity index (χ0n) is 15.7. The molecular weight excluding hydrogens is 442 g/mol. The standard InChI is InChI=1S/C21H16ClN3O3S2/c1-13-23-19-11-8-17(12-20(19)29-13)24-21(26)14-2-6-16(7-3-14)25-30(27,28)18-9-4-15(22)5-10-18/h2-12,25H,1H3,(H,24,26). The lowest BCUT2D eigenvalue weighted by molar-refractivity contribution is 0.102. The summed E-state index contributed by atoms with van der Waals surface area (Å²) in [6.45, 7) is 1.94. The van der Waals surface area contributed by atoms with Gasteiger partial charge < -0.3 is 5.32 Å². The van der Waals surface area contributed by atoms with Crippen LogP contribution in [0, 0.1) is 6.92 Å². The smallest absolute Gasteiger partial charge is 0.261 e. The van der Waals surface area contributed by atoms with E-state index in [4.69, 9.17) is 11.6 Å². The first-order valence-corrected chi connectivity index (χ1v) is 11.5. The van der Waals surface area contributed by atoms with E-state index < -0.39 is 10.0 Å². The molecule has 3 aromatic carbocycles. The summed E-state index contributed by atoms with van der Waals surface area (Å²) < 4.78 is 28.4. The largest absolute Gasteiger partial charge is 0.322 e. The van der Waals surface area contributed by atoms with Crippen LogP contribution in [0.5, 0.6) is 0 Å². The van der Waals surface area contributed by atoms with Gasteiger partial charge in [-0.15, -0.1) is 11.3 Å². The molecule has 4 aromatic rings. The molecule has 1 aromatic heterocycles. The van der Waals surface area contributed by atoms with Crippen molar-refractivity contribution in [2.75, 3.05) is 10.0 Å². The number of rotatable bonds is 5. The molecule has 0 radical (unpaired) electrons. The van der Waals surface area contributed by atoms with Crippen molar-refractivity contribution < 1.29 is 13.2 Å². The van der Waals surface area contributed by atoms with Gasteiger partial charge in [-0.2, -0.15) is 0 Å². The van der Waals surface area contributed by atoms with E-state index in [1.807, 2.05) is 19.1 Å². The number of amides is 1. The maximum atomic E-state index is 12.5. The first kappa shape index (κ1) is 20.3. The van der Waals surface area contributed by atoms with Gasteiger partial charge in [0.25, 0.3) is 15.9 Å². The molecule has 0 unspecified atom stereocenters. The molecule has 0 saturated carbocycles. The van der Waals surface area contributed by atoms with Crippen LogP contribution in [0.3, 0.4) is 0 Å². The lowest BCUT2D eigenvalue weighted by atomic mass is 10.2. The molecule has 0 saturated heterocycles. The third-order valence-corrected chi connectivity index (χ3v) is 6.86. The van der Waals surface area contributed by atoms with Crippen molar-refractivity contribution in [3.63, 3.8) is 0 Å². The molecule has 152 valence electrons. The number of fused-ring (bicyclic) bond motifs is 1. The number of carbonyl (C=O) groups is 1. The van der Waals surface area contributed by atoms with Crippen LogP contribution in [0.25, 0.3) is 10.2 Å². The number of anilines is 2. The average molecular weight is 458 g/mol. The first-order chi connectivity index (χ1) is 14.3. The first-order valence-electron chi connectivity index (χ1n) is 8.87. The van der Waals surface area contributed by atoms with Crippen molar-refractivity contribution >= 4 is 60.5 Å². The Morgan fingerprint density at radius 1 is 0.967 bits per heavy atom. The van der Waals surface area contributed by atoms with Crippen molar-refractivity contribution in [1.82, 2.24) is 4.98 Å². The fraction of sp³-hybridized carbons (Fsp3) is 0.0476. The minimum absolute atomic E-state index is 0.0995. The SMILES string of the molecule is Cc1nc2ccc(NC(=O)c3ccc(NS(=O)(=O)c4ccc(Cl)cc4)cc3)cc2s1. The van der Waals surface area contributed by atoms with E-state index in [1.165, 1.54) is 36.4 Å². The normalized spacial score (nSPS) is 11.4. The molecule has 0 spiro atoms. The summed E-state index contributed by atoms with van der Waals surface area (Å²) in [5, 5.41) is 4.26. The number of hydrogen-bond acceptors (Lipinski definition) is 5. The Morgan fingerprint density at radius 3 is 2.33 bits per heavy atom. The predicted octanol–water partition coefficient (Wildman–Crippen LogP) is 5.31. The highest BCUT2D eigenvalue weighted by molar-refractivity contribution is 7.92. The van der Waals surface area contributed by atoms with Crippen molar-refractivity contribution in [3.8, 4) is 0 Å². The fourth-order valence-corrected chi connectivity index (χ4v) is 4.89. The van der Waals surface area contributed by atoms with Gasteiger partial charge in [-0.3, -0.25) is 9.52 Å². The number of nitrogens with one attached hydrogen (secondary N) is 2. The summed E-state index contributed by atoms with van der Waals surface area (Å²) in [5.74, 6) is -0.289. The van der Waals surface area contributed by atoms with Gasteiger partial charge in [0.15, 0.2) is 0 Å². The minimum Gasteiger partial charge on any atom is -0.322 e. The van der Waals surface area contributed by atoms with E-state index in [0.29, 0.717) is 22.0 Å². The number of nitrogens with zero attached hydrogens (tertiary/aromatic N) is 1. The molecule has 0 atom stereocenters. The Labute approximate surface area is 182 Å². The van der Waals surface area contributed by atoms with Crippen LogP contribution in [-0.4, -0.2) is 19.3 Å². The number of benzene rings is 3. The molecular formula is C21H16ClN3O3S2. The van der Waals surface area contributed by atoms with E-state index >= 15 is 0 Å². The molecule has 0 bridgehead atoms. The topological polar surface area (TPSA) is 88.2 Å². The van der Waals surface area contributed by atoms with E-state index in [1.54, 1.807) is 29.5 Å². The molecule has 30 heavy (non-hydrogen) atoms. The van der Waals surface area contributed by atoms with Crippen LogP contribution in [0.4, 0.5) is 11.4 Å². The Balaban J connectivity index is 1.46. The molecule has 4 rings (SSSR count). The highest BCUT2D eigenvalue weighted by atomic mass is 35.5. The summed E-state index contributed by atoms with van der Waals surface area (Å²) in [6.07, 6.45) is 0. The van der Waals surface area contributed by atoms with Crippen LogP contribution in [0.1, 0.15) is 15.4 Å². The van der Waals surface area contributed by atoms with Crippen molar-refractivity contribution in [2.24, 2.45) is 0 Å². The summed E-state index contributed by atoms with van der Waals surface area (Å²) in [5.41, 5.74) is 2.32. The lowest BCUT2D eigenvalue weighted by Crippen LogP contribution is -2.14.